The van der Waals surface area contributed by atoms with Crippen LogP contribution in [-0.4, -0.2) is 37.2 Å². The molecule has 0 fully saturated rings. The van der Waals surface area contributed by atoms with Crippen LogP contribution in [0.3, 0.4) is 0 Å². The second kappa shape index (κ2) is 63.0. The van der Waals surface area contributed by atoms with Crippen LogP contribution in [0.5, 0.6) is 0 Å². The van der Waals surface area contributed by atoms with Crippen molar-refractivity contribution in [2.24, 2.45) is 0 Å². The van der Waals surface area contributed by atoms with Gasteiger partial charge >= 0.3 is 17.9 Å². The Morgan fingerprint density at radius 1 is 0.260 bits per heavy atom. The molecule has 0 amide bonds. The summed E-state index contributed by atoms with van der Waals surface area (Å²) in [5.41, 5.74) is 0. The number of allylic oxidation sites excluding steroid dienone is 30. The van der Waals surface area contributed by atoms with Gasteiger partial charge in [-0.05, 0) is 141 Å². The van der Waals surface area contributed by atoms with Gasteiger partial charge in [-0.15, -0.1) is 0 Å². The topological polar surface area (TPSA) is 78.9 Å². The zero-order valence-electron chi connectivity index (χ0n) is 48.9. The predicted octanol–water partition coefficient (Wildman–Crippen LogP) is 20.9. The van der Waals surface area contributed by atoms with Gasteiger partial charge in [-0.1, -0.05) is 248 Å². The number of esters is 3. The summed E-state index contributed by atoms with van der Waals surface area (Å²) in [4.78, 5) is 38.1. The van der Waals surface area contributed by atoms with Gasteiger partial charge in [0.25, 0.3) is 0 Å². The van der Waals surface area contributed by atoms with Crippen LogP contribution in [-0.2, 0) is 28.6 Å². The standard InChI is InChI=1S/C71H108O6/c1-4-7-10-13-16-19-22-25-27-28-29-30-31-32-33-34-35-36-37-38-39-40-41-42-44-46-49-52-55-58-61-64-70(73)76-67-68(66-75-69(72)63-60-57-54-51-48-45-24-21-18-15-12-9-6-3)77-71(74)65-62-59-56-53-50-47-43-26-23-20-17-14-11-8-5-2/h7-12,16-21,25-27,29-30,32-33,35-36,38-39,43,45,48,50,53-54,57,68H,4-6,13-15,22-24,28,31,34,37,40-42,44,46-47,49,51-52,55-56,58-67H2,1-3H3/b10-7-,11-8-,12-9-,19-16-,20-17-,21-18-,27-25-,30-29-,33-32-,36-35-,39-38-,43-26-,48-45-,53-50-,57-54-. The van der Waals surface area contributed by atoms with Crippen molar-refractivity contribution in [3.8, 4) is 0 Å². The van der Waals surface area contributed by atoms with Crippen LogP contribution in [0.4, 0.5) is 0 Å². The summed E-state index contributed by atoms with van der Waals surface area (Å²) in [6.45, 7) is 6.17. The zero-order valence-corrected chi connectivity index (χ0v) is 48.9. The molecule has 0 heterocycles. The Balaban J connectivity index is 4.38. The fourth-order valence-electron chi connectivity index (χ4n) is 7.48. The quantitative estimate of drug-likeness (QED) is 0.0261. The van der Waals surface area contributed by atoms with Gasteiger partial charge in [-0.2, -0.15) is 0 Å². The monoisotopic (exact) mass is 1060 g/mol. The average Bonchev–Trinajstić information content (AvgIpc) is 3.43. The minimum absolute atomic E-state index is 0.129. The van der Waals surface area contributed by atoms with E-state index in [2.05, 4.69) is 191 Å². The Hall–Kier alpha value is -5.49. The van der Waals surface area contributed by atoms with Crippen LogP contribution in [0.1, 0.15) is 226 Å². The summed E-state index contributed by atoms with van der Waals surface area (Å²) in [6, 6.07) is 0. The molecule has 0 aromatic heterocycles. The first-order valence-corrected chi connectivity index (χ1v) is 30.3. The van der Waals surface area contributed by atoms with Crippen LogP contribution in [0, 0.1) is 0 Å². The van der Waals surface area contributed by atoms with Crippen molar-refractivity contribution in [2.45, 2.75) is 232 Å². The molecule has 428 valence electrons. The van der Waals surface area contributed by atoms with E-state index in [-0.39, 0.29) is 44.0 Å². The maximum Gasteiger partial charge on any atom is 0.306 e. The lowest BCUT2D eigenvalue weighted by Gasteiger charge is -2.18. The molecular formula is C71H108O6. The van der Waals surface area contributed by atoms with Crippen molar-refractivity contribution in [2.75, 3.05) is 13.2 Å². The predicted molar refractivity (Wildman–Crippen MR) is 334 cm³/mol. The van der Waals surface area contributed by atoms with Gasteiger partial charge in [-0.3, -0.25) is 14.4 Å². The average molecular weight is 1060 g/mol. The van der Waals surface area contributed by atoms with Crippen molar-refractivity contribution >= 4 is 17.9 Å². The van der Waals surface area contributed by atoms with Gasteiger partial charge in [0.2, 0.25) is 0 Å². The number of unbranched alkanes of at least 4 members (excludes halogenated alkanes) is 11. The van der Waals surface area contributed by atoms with E-state index < -0.39 is 6.10 Å². The Morgan fingerprint density at radius 2 is 0.494 bits per heavy atom. The van der Waals surface area contributed by atoms with Crippen molar-refractivity contribution in [3.63, 3.8) is 0 Å². The van der Waals surface area contributed by atoms with Gasteiger partial charge in [0.05, 0.1) is 0 Å². The molecule has 0 aliphatic carbocycles. The Bertz CT molecular complexity index is 1840. The van der Waals surface area contributed by atoms with Gasteiger partial charge in [0, 0.05) is 19.3 Å². The smallest absolute Gasteiger partial charge is 0.306 e. The van der Waals surface area contributed by atoms with Gasteiger partial charge < -0.3 is 14.2 Å². The molecule has 77 heavy (non-hydrogen) atoms. The molecule has 0 spiro atoms. The van der Waals surface area contributed by atoms with Crippen LogP contribution < -0.4 is 0 Å². The van der Waals surface area contributed by atoms with Crippen molar-refractivity contribution in [1.29, 1.82) is 0 Å². The third-order valence-corrected chi connectivity index (χ3v) is 11.9. The Kier molecular flexibility index (Phi) is 58.6. The van der Waals surface area contributed by atoms with Crippen LogP contribution >= 0.6 is 0 Å². The highest BCUT2D eigenvalue weighted by Crippen LogP contribution is 2.13. The molecule has 1 unspecified atom stereocenters. The minimum atomic E-state index is -0.841. The first-order valence-electron chi connectivity index (χ1n) is 30.3. The first kappa shape index (κ1) is 71.5. The molecule has 0 aliphatic heterocycles. The third kappa shape index (κ3) is 61.2. The van der Waals surface area contributed by atoms with Crippen LogP contribution in [0.25, 0.3) is 0 Å². The number of hydrogen-bond acceptors (Lipinski definition) is 6. The lowest BCUT2D eigenvalue weighted by molar-refractivity contribution is -0.166. The molecule has 6 heteroatoms. The van der Waals surface area contributed by atoms with Crippen LogP contribution in [0.2, 0.25) is 0 Å². The second-order valence-corrected chi connectivity index (χ2v) is 19.1. The summed E-state index contributed by atoms with van der Waals surface area (Å²) in [6.07, 6.45) is 94.9. The SMILES string of the molecule is CC/C=C\C/C=C\C/C=C\C/C=C\C/C=C\C/C=C\C/C=C\CCCCCCCCCCCC(=O)OCC(COC(=O)CC/C=C\C/C=C\C/C=C\C/C=C\CC)OC(=O)CCCC/C=C\C/C=C\C/C=C\C/C=C\CC. The summed E-state index contributed by atoms with van der Waals surface area (Å²) in [7, 11) is 0. The Labute approximate surface area is 472 Å². The van der Waals surface area contributed by atoms with E-state index in [1.165, 1.54) is 38.5 Å². The fraction of sp³-hybridized carbons (Fsp3) is 0.535. The molecule has 0 rings (SSSR count). The van der Waals surface area contributed by atoms with Crippen LogP contribution in [0.15, 0.2) is 182 Å². The van der Waals surface area contributed by atoms with Gasteiger partial charge in [0.15, 0.2) is 6.10 Å². The molecule has 0 aliphatic rings. The number of hydrogen-bond donors (Lipinski definition) is 0. The summed E-state index contributed by atoms with van der Waals surface area (Å²) >= 11 is 0. The summed E-state index contributed by atoms with van der Waals surface area (Å²) < 4.78 is 16.7. The van der Waals surface area contributed by atoms with E-state index in [4.69, 9.17) is 14.2 Å². The van der Waals surface area contributed by atoms with E-state index in [1.54, 1.807) is 0 Å². The molecule has 0 saturated heterocycles. The lowest BCUT2D eigenvalue weighted by atomic mass is 10.1. The highest BCUT2D eigenvalue weighted by atomic mass is 16.6. The van der Waals surface area contributed by atoms with Gasteiger partial charge in [-0.25, -0.2) is 0 Å². The first-order chi connectivity index (χ1) is 38.0. The third-order valence-electron chi connectivity index (χ3n) is 11.9. The molecule has 0 aromatic carbocycles. The van der Waals surface area contributed by atoms with Gasteiger partial charge in [0.1, 0.15) is 13.2 Å². The highest BCUT2D eigenvalue weighted by molar-refractivity contribution is 5.71. The molecule has 0 radical (unpaired) electrons. The Morgan fingerprint density at radius 3 is 0.831 bits per heavy atom. The number of carbonyl (C=O) groups is 3. The molecular weight excluding hydrogens is 949 g/mol. The molecule has 0 N–H and O–H groups in total. The maximum atomic E-state index is 12.8. The summed E-state index contributed by atoms with van der Waals surface area (Å²) in [5.74, 6) is -1.07. The summed E-state index contributed by atoms with van der Waals surface area (Å²) in [5, 5.41) is 0. The largest absolute Gasteiger partial charge is 0.462 e. The zero-order chi connectivity index (χ0) is 55.7. The second-order valence-electron chi connectivity index (χ2n) is 19.1. The van der Waals surface area contributed by atoms with Crippen molar-refractivity contribution < 1.29 is 28.6 Å². The van der Waals surface area contributed by atoms with E-state index >= 15 is 0 Å². The molecule has 0 aromatic rings. The molecule has 0 saturated carbocycles. The molecule has 1 atom stereocenters. The number of ether oxygens (including phenoxy) is 3. The van der Waals surface area contributed by atoms with E-state index in [1.807, 2.05) is 12.2 Å². The normalized spacial score (nSPS) is 13.4. The van der Waals surface area contributed by atoms with Crippen molar-refractivity contribution in [1.82, 2.24) is 0 Å². The lowest BCUT2D eigenvalue weighted by Crippen LogP contribution is -2.30. The number of carbonyl (C=O) groups excluding carboxylic acids is 3. The minimum Gasteiger partial charge on any atom is -0.462 e. The molecule has 0 bridgehead atoms. The maximum absolute atomic E-state index is 12.8. The fourth-order valence-corrected chi connectivity index (χ4v) is 7.48. The number of rotatable bonds is 52. The van der Waals surface area contributed by atoms with E-state index in [9.17, 15) is 14.4 Å². The molecule has 6 nitrogen and oxygen atoms in total. The highest BCUT2D eigenvalue weighted by Gasteiger charge is 2.19. The van der Waals surface area contributed by atoms with Crippen molar-refractivity contribution in [3.05, 3.63) is 182 Å². The van der Waals surface area contributed by atoms with E-state index in [0.717, 1.165) is 135 Å². The van der Waals surface area contributed by atoms with E-state index in [0.29, 0.717) is 19.3 Å².